The monoisotopic (exact) mass is 320 g/mol. The number of rotatable bonds is 5. The van der Waals surface area contributed by atoms with E-state index in [4.69, 9.17) is 34.3 Å². The molecule has 2 aromatic rings. The fraction of sp³-hybridized carbons (Fsp3) is 0.188. The van der Waals surface area contributed by atoms with Gasteiger partial charge < -0.3 is 15.4 Å². The van der Waals surface area contributed by atoms with Crippen molar-refractivity contribution in [2.75, 3.05) is 19.1 Å². The number of anilines is 1. The molecule has 0 saturated heterocycles. The second-order valence-electron chi connectivity index (χ2n) is 4.73. The second kappa shape index (κ2) is 6.78. The van der Waals surface area contributed by atoms with E-state index < -0.39 is 0 Å². The maximum absolute atomic E-state index is 6.30. The van der Waals surface area contributed by atoms with E-state index in [9.17, 15) is 0 Å². The first-order valence-electron chi connectivity index (χ1n) is 6.44. The summed E-state index contributed by atoms with van der Waals surface area (Å²) < 4.78 is 5.24. The van der Waals surface area contributed by atoms with Gasteiger partial charge >= 0.3 is 0 Å². The lowest BCUT2D eigenvalue weighted by molar-refractivity contribution is 0.415. The summed E-state index contributed by atoms with van der Waals surface area (Å²) in [5, 5.41) is 0.662. The van der Waals surface area contributed by atoms with E-state index in [0.717, 1.165) is 22.6 Å². The number of benzene rings is 2. The van der Waals surface area contributed by atoms with Gasteiger partial charge in [-0.2, -0.15) is 0 Å². The number of nitrogens with zero attached hydrogens (tertiary/aromatic N) is 1. The average molecular weight is 321 g/mol. The first-order chi connectivity index (χ1) is 10.0. The lowest BCUT2D eigenvalue weighted by Gasteiger charge is -2.21. The van der Waals surface area contributed by atoms with Crippen LogP contribution in [0, 0.1) is 0 Å². The van der Waals surface area contributed by atoms with Crippen LogP contribution in [-0.4, -0.2) is 19.1 Å². The molecule has 2 aromatic carbocycles. The van der Waals surface area contributed by atoms with Gasteiger partial charge in [0, 0.05) is 35.9 Å². The summed E-state index contributed by atoms with van der Waals surface area (Å²) in [6.45, 7) is 0.684. The Balaban J connectivity index is 2.19. The van der Waals surface area contributed by atoms with Crippen molar-refractivity contribution >= 4 is 34.5 Å². The molecule has 0 bridgehead atoms. The molecule has 3 nitrogen and oxygen atoms in total. The molecule has 0 aliphatic rings. The summed E-state index contributed by atoms with van der Waals surface area (Å²) in [5.74, 6) is 0.828. The molecule has 0 fully saturated rings. The molecule has 0 saturated carbocycles. The van der Waals surface area contributed by atoms with Crippen LogP contribution in [0.25, 0.3) is 0 Å². The van der Waals surface area contributed by atoms with Crippen LogP contribution in [0.1, 0.15) is 11.1 Å². The molecule has 0 atom stereocenters. The first kappa shape index (κ1) is 15.6. The standard InChI is InChI=1S/C16H17ClN2OS/c1-19(13-4-3-5-14(9-13)20-2)10-12-7-6-11(16(18)21)8-15(12)17/h3-9H,10H2,1-2H3,(H2,18,21). The number of hydrogen-bond donors (Lipinski definition) is 1. The minimum absolute atomic E-state index is 0.351. The van der Waals surface area contributed by atoms with Crippen LogP contribution in [0.2, 0.25) is 5.02 Å². The van der Waals surface area contributed by atoms with E-state index in [0.29, 0.717) is 16.6 Å². The molecular formula is C16H17ClN2OS. The normalized spacial score (nSPS) is 10.2. The average Bonchev–Trinajstić information content (AvgIpc) is 2.49. The van der Waals surface area contributed by atoms with Crippen LogP contribution in [0.5, 0.6) is 5.75 Å². The topological polar surface area (TPSA) is 38.5 Å². The molecule has 110 valence electrons. The predicted molar refractivity (Wildman–Crippen MR) is 92.4 cm³/mol. The highest BCUT2D eigenvalue weighted by atomic mass is 35.5. The van der Waals surface area contributed by atoms with Gasteiger partial charge in [-0.3, -0.25) is 0 Å². The molecule has 0 amide bonds. The summed E-state index contributed by atoms with van der Waals surface area (Å²) in [5.41, 5.74) is 8.46. The van der Waals surface area contributed by atoms with Gasteiger partial charge in [-0.25, -0.2) is 0 Å². The lowest BCUT2D eigenvalue weighted by atomic mass is 10.1. The third kappa shape index (κ3) is 3.86. The molecule has 0 aromatic heterocycles. The van der Waals surface area contributed by atoms with E-state index in [-0.39, 0.29) is 0 Å². The van der Waals surface area contributed by atoms with Crippen LogP contribution in [0.15, 0.2) is 42.5 Å². The van der Waals surface area contributed by atoms with Crippen LogP contribution in [0.3, 0.4) is 0 Å². The highest BCUT2D eigenvalue weighted by molar-refractivity contribution is 7.80. The quantitative estimate of drug-likeness (QED) is 0.854. The van der Waals surface area contributed by atoms with Gasteiger partial charge in [0.15, 0.2) is 0 Å². The molecule has 0 spiro atoms. The number of ether oxygens (including phenoxy) is 1. The Hall–Kier alpha value is -1.78. The van der Waals surface area contributed by atoms with Gasteiger partial charge in [-0.15, -0.1) is 0 Å². The van der Waals surface area contributed by atoms with Crippen molar-refractivity contribution in [3.63, 3.8) is 0 Å². The summed E-state index contributed by atoms with van der Waals surface area (Å²) in [6.07, 6.45) is 0. The minimum Gasteiger partial charge on any atom is -0.497 e. The number of methoxy groups -OCH3 is 1. The summed E-state index contributed by atoms with van der Waals surface area (Å²) in [6, 6.07) is 13.5. The summed E-state index contributed by atoms with van der Waals surface area (Å²) in [4.78, 5) is 2.45. The fourth-order valence-corrected chi connectivity index (χ4v) is 2.39. The van der Waals surface area contributed by atoms with Crippen molar-refractivity contribution in [2.45, 2.75) is 6.54 Å². The van der Waals surface area contributed by atoms with E-state index in [2.05, 4.69) is 4.90 Å². The Bertz CT molecular complexity index is 660. The lowest BCUT2D eigenvalue weighted by Crippen LogP contribution is -2.17. The van der Waals surface area contributed by atoms with Crippen molar-refractivity contribution < 1.29 is 4.74 Å². The zero-order valence-corrected chi connectivity index (χ0v) is 13.5. The van der Waals surface area contributed by atoms with Crippen molar-refractivity contribution in [1.82, 2.24) is 0 Å². The maximum atomic E-state index is 6.30. The van der Waals surface area contributed by atoms with E-state index in [1.165, 1.54) is 0 Å². The van der Waals surface area contributed by atoms with E-state index in [1.807, 2.05) is 43.4 Å². The Kier molecular flexibility index (Phi) is 5.04. The maximum Gasteiger partial charge on any atom is 0.120 e. The molecule has 2 N–H and O–H groups in total. The van der Waals surface area contributed by atoms with Crippen molar-refractivity contribution in [2.24, 2.45) is 5.73 Å². The third-order valence-corrected chi connectivity index (χ3v) is 3.83. The van der Waals surface area contributed by atoms with E-state index >= 15 is 0 Å². The SMILES string of the molecule is COc1cccc(N(C)Cc2ccc(C(N)=S)cc2Cl)c1. The zero-order chi connectivity index (χ0) is 15.4. The molecule has 0 aliphatic heterocycles. The number of thiocarbonyl (C=S) groups is 1. The van der Waals surface area contributed by atoms with Crippen LogP contribution in [0.4, 0.5) is 5.69 Å². The minimum atomic E-state index is 0.351. The highest BCUT2D eigenvalue weighted by Gasteiger charge is 2.08. The third-order valence-electron chi connectivity index (χ3n) is 3.24. The largest absolute Gasteiger partial charge is 0.497 e. The predicted octanol–water partition coefficient (Wildman–Crippen LogP) is 3.62. The van der Waals surface area contributed by atoms with Gasteiger partial charge in [-0.1, -0.05) is 42.0 Å². The van der Waals surface area contributed by atoms with Crippen LogP contribution < -0.4 is 15.4 Å². The van der Waals surface area contributed by atoms with Gasteiger partial charge in [0.25, 0.3) is 0 Å². The second-order valence-corrected chi connectivity index (χ2v) is 5.58. The Morgan fingerprint density at radius 1 is 1.29 bits per heavy atom. The zero-order valence-electron chi connectivity index (χ0n) is 12.0. The van der Waals surface area contributed by atoms with Crippen molar-refractivity contribution in [1.29, 1.82) is 0 Å². The summed E-state index contributed by atoms with van der Waals surface area (Å²) in [7, 11) is 3.66. The molecule has 2 rings (SSSR count). The summed E-state index contributed by atoms with van der Waals surface area (Å²) >= 11 is 11.2. The number of halogens is 1. The highest BCUT2D eigenvalue weighted by Crippen LogP contribution is 2.24. The van der Waals surface area contributed by atoms with Gasteiger partial charge in [-0.05, 0) is 23.8 Å². The molecular weight excluding hydrogens is 304 g/mol. The Morgan fingerprint density at radius 2 is 2.05 bits per heavy atom. The van der Waals surface area contributed by atoms with E-state index in [1.54, 1.807) is 13.2 Å². The van der Waals surface area contributed by atoms with Gasteiger partial charge in [0.05, 0.1) is 7.11 Å². The van der Waals surface area contributed by atoms with Crippen LogP contribution in [-0.2, 0) is 6.54 Å². The van der Waals surface area contributed by atoms with Gasteiger partial charge in [0.2, 0.25) is 0 Å². The molecule has 0 unspecified atom stereocenters. The Morgan fingerprint density at radius 3 is 2.67 bits per heavy atom. The first-order valence-corrected chi connectivity index (χ1v) is 7.23. The molecule has 21 heavy (non-hydrogen) atoms. The number of hydrogen-bond acceptors (Lipinski definition) is 3. The molecule has 5 heteroatoms. The number of nitrogens with two attached hydrogens (primary N) is 1. The Labute approximate surface area is 135 Å². The fourth-order valence-electron chi connectivity index (χ4n) is 2.02. The molecule has 0 radical (unpaired) electrons. The van der Waals surface area contributed by atoms with Crippen molar-refractivity contribution in [3.05, 3.63) is 58.6 Å². The van der Waals surface area contributed by atoms with Crippen LogP contribution >= 0.6 is 23.8 Å². The van der Waals surface area contributed by atoms with Gasteiger partial charge in [0.1, 0.15) is 10.7 Å². The van der Waals surface area contributed by atoms with Crippen molar-refractivity contribution in [3.8, 4) is 5.75 Å². The smallest absolute Gasteiger partial charge is 0.120 e. The molecule has 0 aliphatic carbocycles. The molecule has 0 heterocycles.